The number of aliphatic imine (C=N–C) groups is 1. The maximum absolute atomic E-state index is 15.4. The topological polar surface area (TPSA) is 118 Å². The molecule has 1 aromatic heterocycles. The number of amides is 2. The summed E-state index contributed by atoms with van der Waals surface area (Å²) >= 11 is 1.42. The summed E-state index contributed by atoms with van der Waals surface area (Å²) in [5, 5.41) is 18.8. The van der Waals surface area contributed by atoms with E-state index >= 15 is 4.39 Å². The van der Waals surface area contributed by atoms with E-state index in [0.717, 1.165) is 5.56 Å². The number of amidine groups is 1. The van der Waals surface area contributed by atoms with Gasteiger partial charge in [-0.2, -0.15) is 5.10 Å². The van der Waals surface area contributed by atoms with Crippen LogP contribution in [0.15, 0.2) is 65.9 Å². The third kappa shape index (κ3) is 5.23. The van der Waals surface area contributed by atoms with E-state index in [0.29, 0.717) is 34.0 Å². The van der Waals surface area contributed by atoms with Crippen LogP contribution in [0.25, 0.3) is 0 Å². The molecule has 2 aliphatic heterocycles. The van der Waals surface area contributed by atoms with Crippen LogP contribution in [0.3, 0.4) is 0 Å². The number of nitrogens with one attached hydrogen (secondary N) is 2. The Morgan fingerprint density at radius 3 is 2.81 bits per heavy atom. The summed E-state index contributed by atoms with van der Waals surface area (Å²) < 4.78 is 23.4. The minimum atomic E-state index is -1.17. The molecule has 5 rings (SSSR count). The molecule has 0 unspecified atom stereocenters. The quantitative estimate of drug-likeness (QED) is 0.468. The number of hydrogen-bond donors (Lipinski definition) is 3. The van der Waals surface area contributed by atoms with E-state index < -0.39 is 17.4 Å². The first-order valence-electron chi connectivity index (χ1n) is 11.8. The van der Waals surface area contributed by atoms with Crippen molar-refractivity contribution < 1.29 is 23.8 Å². The summed E-state index contributed by atoms with van der Waals surface area (Å²) in [6.45, 7) is 0.119. The fourth-order valence-electron chi connectivity index (χ4n) is 4.80. The van der Waals surface area contributed by atoms with Gasteiger partial charge in [-0.3, -0.25) is 9.48 Å². The van der Waals surface area contributed by atoms with E-state index in [9.17, 15) is 9.59 Å². The van der Waals surface area contributed by atoms with Gasteiger partial charge in [-0.05, 0) is 36.2 Å². The van der Waals surface area contributed by atoms with Crippen LogP contribution >= 0.6 is 11.8 Å². The van der Waals surface area contributed by atoms with E-state index in [2.05, 4.69) is 15.7 Å². The van der Waals surface area contributed by atoms with E-state index in [1.807, 2.05) is 19.3 Å². The van der Waals surface area contributed by atoms with Gasteiger partial charge in [0.25, 0.3) is 5.91 Å². The summed E-state index contributed by atoms with van der Waals surface area (Å²) in [7, 11) is 1.84. The number of hydrogen-bond acceptors (Lipinski definition) is 6. The minimum absolute atomic E-state index is 0.0264. The molecule has 9 nitrogen and oxygen atoms in total. The first-order valence-corrected chi connectivity index (χ1v) is 12.8. The predicted octanol–water partition coefficient (Wildman–Crippen LogP) is 3.83. The Kier molecular flexibility index (Phi) is 6.98. The van der Waals surface area contributed by atoms with Crippen LogP contribution in [-0.4, -0.2) is 44.4 Å². The molecule has 37 heavy (non-hydrogen) atoms. The highest BCUT2D eigenvalue weighted by molar-refractivity contribution is 8.13. The molecule has 2 aromatic carbocycles. The van der Waals surface area contributed by atoms with Crippen molar-refractivity contribution in [2.75, 3.05) is 12.4 Å². The molecule has 2 amide bonds. The number of fused-ring (bicyclic) bond motifs is 1. The number of aryl methyl sites for hydroxylation is 1. The fourth-order valence-corrected chi connectivity index (χ4v) is 5.96. The summed E-state index contributed by atoms with van der Waals surface area (Å²) in [6, 6.07) is 13.3. The van der Waals surface area contributed by atoms with Crippen LogP contribution in [-0.2, 0) is 23.9 Å². The van der Waals surface area contributed by atoms with Gasteiger partial charge in [0, 0.05) is 48.2 Å². The lowest BCUT2D eigenvalue weighted by atomic mass is 9.74. The lowest BCUT2D eigenvalue weighted by Gasteiger charge is -2.46. The first-order chi connectivity index (χ1) is 17.8. The van der Waals surface area contributed by atoms with Crippen LogP contribution in [0.1, 0.15) is 39.6 Å². The summed E-state index contributed by atoms with van der Waals surface area (Å²) in [6.07, 6.45) is 2.87. The van der Waals surface area contributed by atoms with Crippen LogP contribution in [0.4, 0.5) is 9.18 Å². The Morgan fingerprint density at radius 2 is 2.08 bits per heavy atom. The smallest absolute Gasteiger partial charge is 0.404 e. The van der Waals surface area contributed by atoms with E-state index in [1.54, 1.807) is 47.3 Å². The Labute approximate surface area is 217 Å². The number of nitrogens with zero attached hydrogens (tertiary/aromatic N) is 3. The molecule has 192 valence electrons. The van der Waals surface area contributed by atoms with Gasteiger partial charge in [0.2, 0.25) is 0 Å². The molecule has 1 saturated heterocycles. The molecule has 3 atom stereocenters. The maximum atomic E-state index is 15.4. The van der Waals surface area contributed by atoms with Crippen molar-refractivity contribution in [1.82, 2.24) is 20.4 Å². The highest BCUT2D eigenvalue weighted by Gasteiger charge is 2.50. The molecule has 3 N–H and O–H groups in total. The van der Waals surface area contributed by atoms with Crippen molar-refractivity contribution in [3.05, 3.63) is 89.0 Å². The van der Waals surface area contributed by atoms with Gasteiger partial charge >= 0.3 is 6.09 Å². The average Bonchev–Trinajstić information content (AvgIpc) is 3.34. The van der Waals surface area contributed by atoms with Gasteiger partial charge in [-0.15, -0.1) is 0 Å². The Balaban J connectivity index is 1.51. The molecule has 0 radical (unpaired) electrons. The van der Waals surface area contributed by atoms with Crippen molar-refractivity contribution in [3.63, 3.8) is 0 Å². The molecule has 0 spiro atoms. The van der Waals surface area contributed by atoms with Gasteiger partial charge < -0.3 is 20.5 Å². The van der Waals surface area contributed by atoms with Gasteiger partial charge in [0.05, 0.1) is 18.9 Å². The van der Waals surface area contributed by atoms with E-state index in [4.69, 9.17) is 14.8 Å². The molecule has 0 aliphatic carbocycles. The van der Waals surface area contributed by atoms with Crippen molar-refractivity contribution in [3.8, 4) is 0 Å². The normalized spacial score (nSPS) is 23.0. The number of aromatic nitrogens is 2. The summed E-state index contributed by atoms with van der Waals surface area (Å²) in [5.74, 6) is -0.279. The maximum Gasteiger partial charge on any atom is 0.404 e. The highest BCUT2D eigenvalue weighted by atomic mass is 32.2. The van der Waals surface area contributed by atoms with Crippen LogP contribution in [0, 0.1) is 11.7 Å². The second-order valence-electron chi connectivity index (χ2n) is 9.12. The zero-order valence-corrected chi connectivity index (χ0v) is 20.9. The zero-order chi connectivity index (χ0) is 26.0. The molecular weight excluding hydrogens is 497 g/mol. The lowest BCUT2D eigenvalue weighted by Crippen LogP contribution is -2.49. The Morgan fingerprint density at radius 1 is 1.27 bits per heavy atom. The van der Waals surface area contributed by atoms with Crippen molar-refractivity contribution >= 4 is 28.9 Å². The highest BCUT2D eigenvalue weighted by Crippen LogP contribution is 2.50. The standard InChI is InChI=1S/C26H26FN5O4S/c1-32-13-18(12-29-32)22-10-19-14-37-24(30-23(33)17-5-3-2-4-6-17)31-26(19,15-36-22)20-9-16(7-8-21(20)27)11-28-25(34)35/h2-9,12-13,19,22,28H,10-11,14-15H2,1H3,(H,34,35)(H,30,31,33)/t19-,22+,26-/m0/s1. The van der Waals surface area contributed by atoms with Gasteiger partial charge in [0.15, 0.2) is 5.17 Å². The fraction of sp³-hybridized carbons (Fsp3) is 0.308. The largest absolute Gasteiger partial charge is 0.465 e. The van der Waals surface area contributed by atoms with E-state index in [1.165, 1.54) is 17.8 Å². The van der Waals surface area contributed by atoms with E-state index in [-0.39, 0.29) is 31.1 Å². The minimum Gasteiger partial charge on any atom is -0.465 e. The molecular formula is C26H26FN5O4S. The number of benzene rings is 2. The molecule has 0 bridgehead atoms. The van der Waals surface area contributed by atoms with Crippen LogP contribution in [0.5, 0.6) is 0 Å². The predicted molar refractivity (Wildman–Crippen MR) is 137 cm³/mol. The number of ether oxygens (including phenoxy) is 1. The number of carboxylic acid groups (broad SMARTS) is 1. The number of thioether (sulfide) groups is 1. The van der Waals surface area contributed by atoms with Gasteiger partial charge in [-0.1, -0.05) is 36.0 Å². The second-order valence-corrected chi connectivity index (χ2v) is 10.1. The SMILES string of the molecule is Cn1cc([C@H]2C[C@H]3CSC(NC(=O)c4ccccc4)=N[C@@]3(c3cc(CNC(=O)O)ccc3F)CO2)cn1. The Hall–Kier alpha value is -3.70. The van der Waals surface area contributed by atoms with Crippen molar-refractivity contribution in [2.45, 2.75) is 24.6 Å². The Bertz CT molecular complexity index is 1350. The second kappa shape index (κ2) is 10.3. The molecule has 2 aliphatic rings. The van der Waals surface area contributed by atoms with Gasteiger partial charge in [0.1, 0.15) is 11.4 Å². The first kappa shape index (κ1) is 25.0. The van der Waals surface area contributed by atoms with Crippen molar-refractivity contribution in [1.29, 1.82) is 0 Å². The summed E-state index contributed by atoms with van der Waals surface area (Å²) in [5.41, 5.74) is 1.26. The van der Waals surface area contributed by atoms with Crippen LogP contribution in [0.2, 0.25) is 0 Å². The lowest BCUT2D eigenvalue weighted by molar-refractivity contribution is -0.0588. The monoisotopic (exact) mass is 523 g/mol. The molecule has 11 heteroatoms. The number of carbonyl (C=O) groups excluding carboxylic acids is 1. The molecule has 3 heterocycles. The molecule has 3 aromatic rings. The third-order valence-corrected chi connectivity index (χ3v) is 7.73. The number of rotatable bonds is 5. The van der Waals surface area contributed by atoms with Gasteiger partial charge in [-0.25, -0.2) is 14.2 Å². The average molecular weight is 524 g/mol. The summed E-state index contributed by atoms with van der Waals surface area (Å²) in [4.78, 5) is 28.8. The number of halogens is 1. The van der Waals surface area contributed by atoms with Crippen LogP contribution < -0.4 is 10.6 Å². The molecule has 0 saturated carbocycles. The number of carbonyl (C=O) groups is 2. The molecule has 1 fully saturated rings. The third-order valence-electron chi connectivity index (χ3n) is 6.69. The zero-order valence-electron chi connectivity index (χ0n) is 20.1. The van der Waals surface area contributed by atoms with Crippen molar-refractivity contribution in [2.24, 2.45) is 18.0 Å².